The van der Waals surface area contributed by atoms with E-state index in [1.165, 1.54) is 56.2 Å². The Kier molecular flexibility index (Phi) is 6.52. The first-order valence-electron chi connectivity index (χ1n) is 9.75. The summed E-state index contributed by atoms with van der Waals surface area (Å²) in [5.41, 5.74) is 2.85. The molecule has 3 rings (SSSR count). The van der Waals surface area contributed by atoms with E-state index in [9.17, 15) is 5.11 Å². The lowest BCUT2D eigenvalue weighted by Gasteiger charge is -2.35. The van der Waals surface area contributed by atoms with Gasteiger partial charge in [-0.15, -0.1) is 0 Å². The van der Waals surface area contributed by atoms with E-state index < -0.39 is 0 Å². The van der Waals surface area contributed by atoms with Gasteiger partial charge in [-0.1, -0.05) is 42.5 Å². The summed E-state index contributed by atoms with van der Waals surface area (Å²) in [6.07, 6.45) is 8.88. The van der Waals surface area contributed by atoms with Gasteiger partial charge in [-0.05, 0) is 87.7 Å². The average molecular weight is 338 g/mol. The summed E-state index contributed by atoms with van der Waals surface area (Å²) in [5.74, 6) is 1.12. The van der Waals surface area contributed by atoms with Crippen molar-refractivity contribution in [3.05, 3.63) is 65.7 Å². The predicted molar refractivity (Wildman–Crippen MR) is 105 cm³/mol. The van der Waals surface area contributed by atoms with Crippen molar-refractivity contribution < 1.29 is 5.11 Å². The van der Waals surface area contributed by atoms with Gasteiger partial charge in [0.25, 0.3) is 0 Å². The Morgan fingerprint density at radius 3 is 2.24 bits per heavy atom. The zero-order chi connectivity index (χ0) is 17.5. The summed E-state index contributed by atoms with van der Waals surface area (Å²) in [7, 11) is 2.30. The van der Waals surface area contributed by atoms with Crippen molar-refractivity contribution in [2.45, 2.75) is 56.9 Å². The summed E-state index contributed by atoms with van der Waals surface area (Å²) in [6, 6.07) is 19.4. The van der Waals surface area contributed by atoms with Gasteiger partial charge in [-0.3, -0.25) is 0 Å². The van der Waals surface area contributed by atoms with Gasteiger partial charge in [0, 0.05) is 6.04 Å². The third-order valence-electron chi connectivity index (χ3n) is 5.75. The van der Waals surface area contributed by atoms with Crippen molar-refractivity contribution in [3.8, 4) is 5.75 Å². The summed E-state index contributed by atoms with van der Waals surface area (Å²) in [5, 5.41) is 9.33. The summed E-state index contributed by atoms with van der Waals surface area (Å²) in [6.45, 7) is 1.19. The standard InChI is InChI=1S/C23H31NO/c1-24(18-6-5-7-19-10-16-23(25)17-11-19)22-14-12-21(13-15-22)20-8-3-2-4-9-20/h2-4,8-11,16-17,21-22,25H,5-7,12-15,18H2,1H3. The number of hydrogen-bond donors (Lipinski definition) is 1. The molecule has 1 saturated carbocycles. The first-order valence-corrected chi connectivity index (χ1v) is 9.75. The first-order chi connectivity index (χ1) is 12.2. The second-order valence-corrected chi connectivity index (χ2v) is 7.52. The molecule has 25 heavy (non-hydrogen) atoms. The number of aromatic hydroxyl groups is 1. The quantitative estimate of drug-likeness (QED) is 0.686. The minimum absolute atomic E-state index is 0.356. The number of phenolic OH excluding ortho intramolecular Hbond substituents is 1. The van der Waals surface area contributed by atoms with Gasteiger partial charge < -0.3 is 10.0 Å². The lowest BCUT2D eigenvalue weighted by Crippen LogP contribution is -2.35. The zero-order valence-electron chi connectivity index (χ0n) is 15.4. The van der Waals surface area contributed by atoms with E-state index in [2.05, 4.69) is 42.3 Å². The van der Waals surface area contributed by atoms with Gasteiger partial charge in [0.05, 0.1) is 0 Å². The normalized spacial score (nSPS) is 20.7. The van der Waals surface area contributed by atoms with Crippen LogP contribution in [0.5, 0.6) is 5.75 Å². The van der Waals surface area contributed by atoms with E-state index in [-0.39, 0.29) is 0 Å². The van der Waals surface area contributed by atoms with E-state index in [0.717, 1.165) is 18.4 Å². The van der Waals surface area contributed by atoms with Crippen LogP contribution in [0, 0.1) is 0 Å². The summed E-state index contributed by atoms with van der Waals surface area (Å²) >= 11 is 0. The molecule has 2 aromatic carbocycles. The second kappa shape index (κ2) is 9.05. The van der Waals surface area contributed by atoms with Crippen LogP contribution >= 0.6 is 0 Å². The Labute approximate surface area is 152 Å². The van der Waals surface area contributed by atoms with Gasteiger partial charge in [-0.2, -0.15) is 0 Å². The van der Waals surface area contributed by atoms with Crippen molar-refractivity contribution in [2.24, 2.45) is 0 Å². The van der Waals surface area contributed by atoms with E-state index in [4.69, 9.17) is 0 Å². The highest BCUT2D eigenvalue weighted by atomic mass is 16.3. The van der Waals surface area contributed by atoms with Gasteiger partial charge in [0.1, 0.15) is 5.75 Å². The molecule has 2 aromatic rings. The van der Waals surface area contributed by atoms with Crippen LogP contribution in [-0.4, -0.2) is 29.6 Å². The Morgan fingerprint density at radius 2 is 1.56 bits per heavy atom. The Morgan fingerprint density at radius 1 is 0.880 bits per heavy atom. The maximum atomic E-state index is 9.33. The second-order valence-electron chi connectivity index (χ2n) is 7.52. The van der Waals surface area contributed by atoms with Crippen molar-refractivity contribution in [2.75, 3.05) is 13.6 Å². The molecular weight excluding hydrogens is 306 g/mol. The number of aryl methyl sites for hydroxylation is 1. The molecule has 0 aromatic heterocycles. The van der Waals surface area contributed by atoms with E-state index in [1.54, 1.807) is 12.1 Å². The van der Waals surface area contributed by atoms with Crippen molar-refractivity contribution in [1.29, 1.82) is 0 Å². The third-order valence-corrected chi connectivity index (χ3v) is 5.75. The molecule has 134 valence electrons. The zero-order valence-corrected chi connectivity index (χ0v) is 15.4. The molecule has 2 heteroatoms. The van der Waals surface area contributed by atoms with Gasteiger partial charge in [0.15, 0.2) is 0 Å². The fourth-order valence-corrected chi connectivity index (χ4v) is 4.11. The molecule has 2 nitrogen and oxygen atoms in total. The molecule has 0 unspecified atom stereocenters. The van der Waals surface area contributed by atoms with Gasteiger partial charge in [-0.25, -0.2) is 0 Å². The number of benzene rings is 2. The Balaban J connectivity index is 1.35. The van der Waals surface area contributed by atoms with Crippen molar-refractivity contribution >= 4 is 0 Å². The topological polar surface area (TPSA) is 23.5 Å². The van der Waals surface area contributed by atoms with Crippen molar-refractivity contribution in [3.63, 3.8) is 0 Å². The molecule has 0 aliphatic heterocycles. The molecule has 1 aliphatic carbocycles. The monoisotopic (exact) mass is 337 g/mol. The molecule has 0 heterocycles. The molecule has 0 saturated heterocycles. The van der Waals surface area contributed by atoms with Crippen LogP contribution in [0.2, 0.25) is 0 Å². The highest BCUT2D eigenvalue weighted by Crippen LogP contribution is 2.34. The number of phenols is 1. The number of rotatable bonds is 7. The number of unbranched alkanes of at least 4 members (excludes halogenated alkanes) is 1. The summed E-state index contributed by atoms with van der Waals surface area (Å²) < 4.78 is 0. The minimum atomic E-state index is 0.356. The van der Waals surface area contributed by atoms with Crippen LogP contribution in [0.3, 0.4) is 0 Å². The van der Waals surface area contributed by atoms with Crippen LogP contribution in [-0.2, 0) is 6.42 Å². The Bertz CT molecular complexity index is 614. The molecule has 0 radical (unpaired) electrons. The maximum Gasteiger partial charge on any atom is 0.115 e. The van der Waals surface area contributed by atoms with E-state index in [0.29, 0.717) is 5.75 Å². The molecule has 1 fully saturated rings. The van der Waals surface area contributed by atoms with Crippen LogP contribution in [0.25, 0.3) is 0 Å². The molecular formula is C23H31NO. The molecule has 0 atom stereocenters. The van der Waals surface area contributed by atoms with Crippen LogP contribution < -0.4 is 0 Å². The highest BCUT2D eigenvalue weighted by molar-refractivity contribution is 5.25. The smallest absolute Gasteiger partial charge is 0.115 e. The molecule has 0 spiro atoms. The van der Waals surface area contributed by atoms with E-state index in [1.807, 2.05) is 12.1 Å². The summed E-state index contributed by atoms with van der Waals surface area (Å²) in [4.78, 5) is 2.58. The molecule has 1 aliphatic rings. The molecule has 0 bridgehead atoms. The highest BCUT2D eigenvalue weighted by Gasteiger charge is 2.24. The fourth-order valence-electron chi connectivity index (χ4n) is 4.11. The van der Waals surface area contributed by atoms with Crippen LogP contribution in [0.15, 0.2) is 54.6 Å². The molecule has 1 N–H and O–H groups in total. The van der Waals surface area contributed by atoms with Crippen LogP contribution in [0.4, 0.5) is 0 Å². The number of nitrogens with zero attached hydrogens (tertiary/aromatic N) is 1. The lowest BCUT2D eigenvalue weighted by molar-refractivity contribution is 0.180. The average Bonchev–Trinajstić information content (AvgIpc) is 2.67. The maximum absolute atomic E-state index is 9.33. The van der Waals surface area contributed by atoms with Gasteiger partial charge >= 0.3 is 0 Å². The van der Waals surface area contributed by atoms with Crippen LogP contribution in [0.1, 0.15) is 55.6 Å². The van der Waals surface area contributed by atoms with Crippen molar-refractivity contribution in [1.82, 2.24) is 4.90 Å². The fraction of sp³-hybridized carbons (Fsp3) is 0.478. The van der Waals surface area contributed by atoms with Gasteiger partial charge in [0.2, 0.25) is 0 Å². The Hall–Kier alpha value is -1.80. The minimum Gasteiger partial charge on any atom is -0.508 e. The third kappa shape index (κ3) is 5.34. The predicted octanol–water partition coefficient (Wildman–Crippen LogP) is 5.37. The largest absolute Gasteiger partial charge is 0.508 e. The molecule has 0 amide bonds. The first kappa shape index (κ1) is 18.0. The van der Waals surface area contributed by atoms with E-state index >= 15 is 0 Å². The SMILES string of the molecule is CN(CCCCc1ccc(O)cc1)C1CCC(c2ccccc2)CC1. The number of hydrogen-bond acceptors (Lipinski definition) is 2. The lowest BCUT2D eigenvalue weighted by atomic mass is 9.81.